The topological polar surface area (TPSA) is 407 Å². The molecule has 14 atom stereocenters. The molecule has 2 saturated carbocycles. The maximum absolute atomic E-state index is 12.0. The number of carboxylic acids is 2. The van der Waals surface area contributed by atoms with Gasteiger partial charge in [0.15, 0.2) is 0 Å². The van der Waals surface area contributed by atoms with Gasteiger partial charge in [-0.3, -0.25) is 42.8 Å². The third-order valence-electron chi connectivity index (χ3n) is 19.4. The molecule has 0 radical (unpaired) electrons. The number of carboxylic acid groups (broad SMARTS) is 2. The lowest BCUT2D eigenvalue weighted by Gasteiger charge is -2.17. The molecule has 6 aliphatic heterocycles. The molecule has 6 saturated heterocycles. The molecule has 2 unspecified atom stereocenters. The van der Waals surface area contributed by atoms with Crippen molar-refractivity contribution >= 4 is 83.5 Å². The number of carbonyl (C=O) groups excluding carboxylic acids is 8. The van der Waals surface area contributed by atoms with Gasteiger partial charge in [0.2, 0.25) is 0 Å². The molecular weight excluding hydrogens is 1410 g/mol. The number of alkyl halides is 1. The van der Waals surface area contributed by atoms with Crippen molar-refractivity contribution in [3.8, 4) is 11.8 Å². The monoisotopic (exact) mass is 1510 g/mol. The van der Waals surface area contributed by atoms with Crippen LogP contribution in [0.1, 0.15) is 142 Å². The number of imide groups is 2. The first kappa shape index (κ1) is 81.4. The quantitative estimate of drug-likeness (QED) is 0.0160. The smallest absolute Gasteiger partial charge is 0.481 e. The fourth-order valence-electron chi connectivity index (χ4n) is 14.1. The average Bonchev–Trinajstić information content (AvgIpc) is 1.64. The Labute approximate surface area is 613 Å². The Morgan fingerprint density at radius 3 is 1.34 bits per heavy atom. The van der Waals surface area contributed by atoms with Gasteiger partial charge in [-0.1, -0.05) is 35.1 Å². The normalized spacial score (nSPS) is 27.3. The van der Waals surface area contributed by atoms with Gasteiger partial charge in [0, 0.05) is 68.5 Å². The maximum Gasteiger partial charge on any atom is 0.533 e. The van der Waals surface area contributed by atoms with Crippen LogP contribution in [0.4, 0.5) is 23.6 Å². The summed E-state index contributed by atoms with van der Waals surface area (Å²) in [4.78, 5) is 124. The van der Waals surface area contributed by atoms with Crippen molar-refractivity contribution in [1.82, 2.24) is 46.4 Å². The van der Waals surface area contributed by atoms with Gasteiger partial charge in [-0.2, -0.15) is 0 Å². The summed E-state index contributed by atoms with van der Waals surface area (Å²) >= 11 is 3.38. The van der Waals surface area contributed by atoms with Gasteiger partial charge in [-0.15, -0.1) is 40.5 Å². The summed E-state index contributed by atoms with van der Waals surface area (Å²) < 4.78 is 73.0. The molecule has 1 aromatic rings. The second-order valence-electron chi connectivity index (χ2n) is 26.3. The zero-order valence-corrected chi connectivity index (χ0v) is 60.6. The lowest BCUT2D eigenvalue weighted by molar-refractivity contribution is -0.177. The molecule has 11 rings (SSSR count). The fourth-order valence-corrected chi connectivity index (χ4v) is 17.4. The van der Waals surface area contributed by atoms with Gasteiger partial charge in [-0.05, 0) is 106 Å². The predicted octanol–water partition coefficient (Wildman–Crippen LogP) is 5.27. The summed E-state index contributed by atoms with van der Waals surface area (Å²) in [5.74, 6) is 5.17. The number of nitrogens with one attached hydrogen (secondary N) is 4. The van der Waals surface area contributed by atoms with Crippen LogP contribution in [0.3, 0.4) is 0 Å². The van der Waals surface area contributed by atoms with Crippen molar-refractivity contribution in [2.75, 3.05) is 113 Å². The summed E-state index contributed by atoms with van der Waals surface area (Å²) in [5.41, 5.74) is 1.79. The van der Waals surface area contributed by atoms with Crippen LogP contribution in [0.15, 0.2) is 0 Å². The minimum absolute atomic E-state index is 0.0200. The van der Waals surface area contributed by atoms with Crippen molar-refractivity contribution in [2.45, 2.75) is 194 Å². The van der Waals surface area contributed by atoms with E-state index in [0.29, 0.717) is 145 Å². The van der Waals surface area contributed by atoms with Crippen LogP contribution >= 0.6 is 23.5 Å². The number of amides is 8. The van der Waals surface area contributed by atoms with Crippen LogP contribution in [-0.4, -0.2) is 254 Å². The van der Waals surface area contributed by atoms with Crippen LogP contribution in [0.25, 0.3) is 0 Å². The molecule has 0 bridgehead atoms. The van der Waals surface area contributed by atoms with Crippen molar-refractivity contribution in [3.05, 3.63) is 11.4 Å². The molecule has 4 aliphatic carbocycles. The van der Waals surface area contributed by atoms with E-state index in [0.717, 1.165) is 101 Å². The highest BCUT2D eigenvalue weighted by atomic mass is 32.2. The number of halogens is 1. The van der Waals surface area contributed by atoms with Crippen LogP contribution in [-0.2, 0) is 105 Å². The van der Waals surface area contributed by atoms with Gasteiger partial charge in [0.1, 0.15) is 10.9 Å². The number of ether oxygens (including phenoxy) is 10. The molecule has 1 aromatic heterocycles. The van der Waals surface area contributed by atoms with E-state index in [1.165, 1.54) is 0 Å². The van der Waals surface area contributed by atoms with E-state index in [1.807, 2.05) is 4.68 Å². The number of nitrogens with zero attached hydrogens (tertiary/aromatic N) is 5. The molecule has 6 N–H and O–H groups in total. The van der Waals surface area contributed by atoms with E-state index < -0.39 is 55.0 Å². The molecule has 0 spiro atoms. The van der Waals surface area contributed by atoms with E-state index in [1.54, 1.807) is 23.5 Å². The third kappa shape index (κ3) is 26.4. The number of fused-ring (bicyclic) bond motifs is 5. The lowest BCUT2D eigenvalue weighted by Crippen LogP contribution is -2.40. The highest BCUT2D eigenvalue weighted by Crippen LogP contribution is 2.54. The van der Waals surface area contributed by atoms with E-state index in [2.05, 4.69) is 55.2 Å². The summed E-state index contributed by atoms with van der Waals surface area (Å²) in [6.07, 6.45) is 11.5. The lowest BCUT2D eigenvalue weighted by atomic mass is 10.0. The number of aromatic nitrogens is 3. The summed E-state index contributed by atoms with van der Waals surface area (Å²) in [6, 6.07) is -0.558. The molecule has 33 nitrogen and oxygen atoms in total. The fraction of sp³-hybridized carbons (Fsp3) is 0.794. The van der Waals surface area contributed by atoms with Crippen LogP contribution < -0.4 is 21.3 Å². The standard InChI is InChI=1S/C33H48N6O12S.C19H34N2O7S.C15H17NO5.CH3F/c40-26-9-10-27(41)39(26)51-33(45)50-19-22-20-5-7-23-24(8-6-21(20)22)38(37-36-23)11-12-46-13-14-47-15-16-48-17-18-49-31-30-29(34-32(44)35-30)25(52-31)3-1-2-4-28(42)43;1-2-7-25-8-9-26-10-11-27-12-13-28-18-17-16(20-19(24)21-17)14(29-18)5-3-4-6-15(22)23;17-13-7-8-14(18)16(13)21-15(19)20-9-12-10-5-3-1-2-4-6-11(10)12;1-2/h20-22,25,29-31H,1-19H2,(H,42,43)(H2,34,35,44);14,16-18H,2-13H2,1H3,(H,22,23)(H2,20,21,24);10-12H,3-9H2;1H3/t20-,21+,22?,25-,29+,30+,31+;14-,16+,17+,18+;10-,11+,12?;/m00../s1/i;;;1D. The highest BCUT2D eigenvalue weighted by molar-refractivity contribution is 8.01. The number of hydroxylamine groups is 4. The Morgan fingerprint density at radius 1 is 0.529 bits per heavy atom. The van der Waals surface area contributed by atoms with Gasteiger partial charge >= 0.3 is 36.3 Å². The number of unbranched alkanes of at least 4 members (excludes halogenated alkanes) is 2. The number of thioether (sulfide) groups is 2. The SMILES string of the molecule is CCCOCCOCCOCCO[C@@H]1S[C@@H](CCCCC(=O)O)[C@H]2NC(=O)N[C@H]21.O=C(O)CCCC[C@@H]1S[C@@H](OCCOCCOCCOCCn2nnc3c2CC[C@H]2C(COC(=O)ON4C(=O)CCC4=O)[C@H]2CC3)[C@@H]2NC(=O)N[C@@H]21.O=C(OCC1[C@H]2CCC#CCC[C@@H]12)ON1C(=O)CCC1=O.[2H]CF. The molecule has 8 fully saturated rings. The number of carbonyl (C=O) groups is 10. The molecule has 8 amide bonds. The van der Waals surface area contributed by atoms with E-state index in [9.17, 15) is 52.3 Å². The molecule has 10 aliphatic rings. The number of aliphatic carboxylic acids is 2. The Balaban J connectivity index is 0.000000219. The van der Waals surface area contributed by atoms with Gasteiger partial charge in [0.05, 0.1) is 150 Å². The van der Waals surface area contributed by atoms with Crippen molar-refractivity contribution in [3.63, 3.8) is 0 Å². The number of urea groups is 2. The zero-order chi connectivity index (χ0) is 74.9. The molecular formula is C68H102FN9O24S2. The zero-order valence-electron chi connectivity index (χ0n) is 60.0. The largest absolute Gasteiger partial charge is 0.533 e. The Kier molecular flexibility index (Phi) is 34.8. The predicted molar refractivity (Wildman–Crippen MR) is 366 cm³/mol. The summed E-state index contributed by atoms with van der Waals surface area (Å²) in [6.45, 7) is 9.98. The number of rotatable bonds is 41. The summed E-state index contributed by atoms with van der Waals surface area (Å²) in [7, 11) is -1.00. The molecule has 7 heterocycles. The first-order chi connectivity index (χ1) is 51.0. The first-order valence-electron chi connectivity index (χ1n) is 36.9. The Hall–Kier alpha value is -6.69. The van der Waals surface area contributed by atoms with Gasteiger partial charge < -0.3 is 78.8 Å². The highest BCUT2D eigenvalue weighted by Gasteiger charge is 2.53. The maximum atomic E-state index is 12.0. The average molecular weight is 1510 g/mol. The number of hydrogen-bond acceptors (Lipinski definition) is 26. The van der Waals surface area contributed by atoms with Gasteiger partial charge in [0.25, 0.3) is 23.6 Å². The number of hydrogen-bond donors (Lipinski definition) is 6. The third-order valence-corrected chi connectivity index (χ3v) is 22.5. The second kappa shape index (κ2) is 44.4. The number of aryl methyl sites for hydroxylation is 1. The second-order valence-corrected chi connectivity index (χ2v) is 29.0. The van der Waals surface area contributed by atoms with Crippen molar-refractivity contribution in [1.29, 1.82) is 0 Å². The van der Waals surface area contributed by atoms with Crippen molar-refractivity contribution < 1.29 is 121 Å². The summed E-state index contributed by atoms with van der Waals surface area (Å²) in [5, 5.41) is 39.6. The molecule has 0 aromatic carbocycles. The molecule has 104 heavy (non-hydrogen) atoms. The first-order valence-corrected chi connectivity index (χ1v) is 38.1. The molecule has 36 heteroatoms. The van der Waals surface area contributed by atoms with Crippen LogP contribution in [0, 0.1) is 47.3 Å². The van der Waals surface area contributed by atoms with Crippen molar-refractivity contribution in [2.24, 2.45) is 35.5 Å². The van der Waals surface area contributed by atoms with E-state index >= 15 is 0 Å². The van der Waals surface area contributed by atoms with Crippen LogP contribution in [0.5, 0.6) is 0 Å². The minimum Gasteiger partial charge on any atom is -0.481 e. The van der Waals surface area contributed by atoms with Crippen LogP contribution in [0.2, 0.25) is 0 Å². The van der Waals surface area contributed by atoms with E-state index in [-0.39, 0.29) is 115 Å². The minimum atomic E-state index is -1.03. The van der Waals surface area contributed by atoms with Gasteiger partial charge in [-0.25, -0.2) is 23.9 Å². The Bertz CT molecular complexity index is 3020. The Morgan fingerprint density at radius 2 is 0.913 bits per heavy atom. The molecule has 582 valence electrons. The van der Waals surface area contributed by atoms with E-state index in [4.69, 9.17) is 63.8 Å².